The molecule has 0 aliphatic heterocycles. The Kier molecular flexibility index (Phi) is 5.38. The van der Waals surface area contributed by atoms with E-state index in [0.717, 1.165) is 6.20 Å². The summed E-state index contributed by atoms with van der Waals surface area (Å²) in [6.07, 6.45) is 0.669. The van der Waals surface area contributed by atoms with E-state index in [0.29, 0.717) is 4.73 Å². The molecular weight excluding hydrogens is 416 g/mol. The lowest BCUT2D eigenvalue weighted by Gasteiger charge is -2.18. The minimum Gasteiger partial charge on any atom is -0.618 e. The van der Waals surface area contributed by atoms with Crippen LogP contribution in [0.1, 0.15) is 34.0 Å². The molecule has 0 spiro atoms. The summed E-state index contributed by atoms with van der Waals surface area (Å²) in [7, 11) is 0. The number of Topliss-reactive ketones (excluding diaryl/α,β-unsaturated/α-hetero) is 1. The van der Waals surface area contributed by atoms with Crippen LogP contribution in [-0.2, 0) is 0 Å². The molecule has 2 aromatic carbocycles. The molecule has 2 heterocycles. The Bertz CT molecular complexity index is 1410. The number of fused-ring (bicyclic) bond motifs is 1. The summed E-state index contributed by atoms with van der Waals surface area (Å²) >= 11 is 0. The number of carbonyl (C=O) groups is 1. The fourth-order valence-corrected chi connectivity index (χ4v) is 3.71. The Balaban J connectivity index is 1.95. The number of aromatic hydroxyl groups is 1. The number of nitro groups is 1. The van der Waals surface area contributed by atoms with Gasteiger partial charge in [0.05, 0.1) is 15.9 Å². The first-order valence-electron chi connectivity index (χ1n) is 9.58. The molecule has 4 aromatic rings. The Morgan fingerprint density at radius 1 is 1.06 bits per heavy atom. The average molecular weight is 432 g/mol. The zero-order valence-corrected chi connectivity index (χ0v) is 16.5. The summed E-state index contributed by atoms with van der Waals surface area (Å²) in [6, 6.07) is 16.2. The van der Waals surface area contributed by atoms with Crippen LogP contribution in [0, 0.1) is 15.3 Å². The first kappa shape index (κ1) is 20.7. The largest absolute Gasteiger partial charge is 0.618 e. The Morgan fingerprint density at radius 2 is 1.75 bits per heavy atom. The molecule has 32 heavy (non-hydrogen) atoms. The summed E-state index contributed by atoms with van der Waals surface area (Å²) in [5.74, 6) is -2.32. The Labute approximate surface area is 180 Å². The van der Waals surface area contributed by atoms with Crippen LogP contribution in [0.25, 0.3) is 11.0 Å². The summed E-state index contributed by atoms with van der Waals surface area (Å²) in [5.41, 5.74) is -1.58. The minimum absolute atomic E-state index is 0.0390. The second-order valence-corrected chi connectivity index (χ2v) is 7.06. The molecule has 1 atom stereocenters. The van der Waals surface area contributed by atoms with Crippen molar-refractivity contribution >= 4 is 22.4 Å². The Morgan fingerprint density at radius 3 is 2.50 bits per heavy atom. The number of carbonyl (C=O) groups excluding carboxylic acids is 1. The van der Waals surface area contributed by atoms with Gasteiger partial charge in [0.25, 0.3) is 11.4 Å². The third-order valence-corrected chi connectivity index (χ3v) is 5.18. The normalized spacial score (nSPS) is 11.9. The number of hydrogen-bond acceptors (Lipinski definition) is 7. The van der Waals surface area contributed by atoms with Crippen LogP contribution in [0.3, 0.4) is 0 Å². The monoisotopic (exact) mass is 432 g/mol. The van der Waals surface area contributed by atoms with Gasteiger partial charge in [0.1, 0.15) is 11.3 Å². The number of para-hydroxylation sites is 2. The minimum atomic E-state index is -1.23. The van der Waals surface area contributed by atoms with Crippen molar-refractivity contribution in [1.82, 2.24) is 0 Å². The lowest BCUT2D eigenvalue weighted by atomic mass is 9.85. The maximum atomic E-state index is 13.0. The van der Waals surface area contributed by atoms with Crippen molar-refractivity contribution in [3.05, 3.63) is 115 Å². The number of ketones is 1. The number of hydrogen-bond donors (Lipinski definition) is 1. The number of aromatic nitrogens is 1. The van der Waals surface area contributed by atoms with E-state index >= 15 is 0 Å². The van der Waals surface area contributed by atoms with E-state index in [1.165, 1.54) is 54.6 Å². The SMILES string of the molecule is O=C(C[C@H](c1ccccc1[N+](=O)[O-])c1c(O)c2ccccc2oc1=O)c1cccc[n+]1[O-]. The van der Waals surface area contributed by atoms with Crippen LogP contribution in [0.5, 0.6) is 5.75 Å². The smallest absolute Gasteiger partial charge is 0.343 e. The number of rotatable bonds is 6. The van der Waals surface area contributed by atoms with Crippen molar-refractivity contribution < 1.29 is 24.0 Å². The number of nitrogens with zero attached hydrogens (tertiary/aromatic N) is 2. The average Bonchev–Trinajstić information content (AvgIpc) is 2.78. The molecule has 0 fully saturated rings. The molecule has 0 aliphatic rings. The van der Waals surface area contributed by atoms with Crippen molar-refractivity contribution in [2.75, 3.05) is 0 Å². The standard InChI is InChI=1S/C23H16N2O7/c26-19(18-10-5-6-12-24(18)29)13-16(14-7-1-3-9-17(14)25(30)31)21-22(27)15-8-2-4-11-20(15)32-23(21)28/h1-12,16,27H,13H2/t16-/m1/s1. The molecular formula is C23H16N2O7. The number of nitro benzene ring substituents is 1. The third kappa shape index (κ3) is 3.67. The van der Waals surface area contributed by atoms with E-state index in [2.05, 4.69) is 0 Å². The molecule has 4 rings (SSSR count). The van der Waals surface area contributed by atoms with Crippen LogP contribution >= 0.6 is 0 Å². The topological polar surface area (TPSA) is 138 Å². The molecule has 0 unspecified atom stereocenters. The summed E-state index contributed by atoms with van der Waals surface area (Å²) in [4.78, 5) is 36.9. The second-order valence-electron chi connectivity index (χ2n) is 7.06. The zero-order valence-electron chi connectivity index (χ0n) is 16.5. The van der Waals surface area contributed by atoms with Crippen molar-refractivity contribution in [3.8, 4) is 5.75 Å². The van der Waals surface area contributed by atoms with Crippen molar-refractivity contribution in [2.45, 2.75) is 12.3 Å². The first-order valence-corrected chi connectivity index (χ1v) is 9.58. The number of pyridine rings is 1. The van der Waals surface area contributed by atoms with Gasteiger partial charge in [-0.1, -0.05) is 30.3 Å². The summed E-state index contributed by atoms with van der Waals surface area (Å²) in [5, 5.41) is 34.8. The molecule has 0 bridgehead atoms. The van der Waals surface area contributed by atoms with Gasteiger partial charge in [-0.3, -0.25) is 14.9 Å². The first-order chi connectivity index (χ1) is 15.4. The molecule has 0 amide bonds. The molecule has 9 heteroatoms. The van der Waals surface area contributed by atoms with Crippen molar-refractivity contribution in [2.24, 2.45) is 0 Å². The molecule has 160 valence electrons. The predicted molar refractivity (Wildman–Crippen MR) is 113 cm³/mol. The van der Waals surface area contributed by atoms with E-state index in [1.54, 1.807) is 12.1 Å². The van der Waals surface area contributed by atoms with Gasteiger partial charge >= 0.3 is 5.63 Å². The van der Waals surface area contributed by atoms with Crippen molar-refractivity contribution in [1.29, 1.82) is 0 Å². The summed E-state index contributed by atoms with van der Waals surface area (Å²) < 4.78 is 5.70. The van der Waals surface area contributed by atoms with Gasteiger partial charge in [0, 0.05) is 36.1 Å². The van der Waals surface area contributed by atoms with Crippen LogP contribution in [0.4, 0.5) is 5.69 Å². The summed E-state index contributed by atoms with van der Waals surface area (Å²) in [6.45, 7) is 0. The van der Waals surface area contributed by atoms with Crippen LogP contribution in [0.15, 0.2) is 82.1 Å². The quantitative estimate of drug-likeness (QED) is 0.123. The van der Waals surface area contributed by atoms with Gasteiger partial charge in [-0.15, -0.1) is 0 Å². The molecule has 2 aromatic heterocycles. The highest BCUT2D eigenvalue weighted by Gasteiger charge is 2.33. The molecule has 0 aliphatic carbocycles. The van der Waals surface area contributed by atoms with Gasteiger partial charge < -0.3 is 14.7 Å². The fraction of sp³-hybridized carbons (Fsp3) is 0.0870. The van der Waals surface area contributed by atoms with E-state index in [-0.39, 0.29) is 33.5 Å². The zero-order chi connectivity index (χ0) is 22.8. The van der Waals surface area contributed by atoms with Crippen LogP contribution < -0.4 is 10.4 Å². The highest BCUT2D eigenvalue weighted by molar-refractivity contribution is 5.94. The second kappa shape index (κ2) is 8.31. The highest BCUT2D eigenvalue weighted by Crippen LogP contribution is 2.39. The molecule has 0 saturated heterocycles. The lowest BCUT2D eigenvalue weighted by molar-refractivity contribution is -0.607. The van der Waals surface area contributed by atoms with E-state index < -0.39 is 34.4 Å². The third-order valence-electron chi connectivity index (χ3n) is 5.18. The highest BCUT2D eigenvalue weighted by atomic mass is 16.6. The maximum Gasteiger partial charge on any atom is 0.343 e. The van der Waals surface area contributed by atoms with Gasteiger partial charge in [-0.25, -0.2) is 4.79 Å². The van der Waals surface area contributed by atoms with Crippen molar-refractivity contribution in [3.63, 3.8) is 0 Å². The van der Waals surface area contributed by atoms with Crippen LogP contribution in [0.2, 0.25) is 0 Å². The van der Waals surface area contributed by atoms with Gasteiger partial charge in [-0.05, 0) is 18.2 Å². The van der Waals surface area contributed by atoms with E-state index in [9.17, 15) is 30.0 Å². The maximum absolute atomic E-state index is 13.0. The predicted octanol–water partition coefficient (Wildman–Crippen LogP) is 3.45. The van der Waals surface area contributed by atoms with E-state index in [4.69, 9.17) is 4.42 Å². The van der Waals surface area contributed by atoms with Gasteiger partial charge in [0.2, 0.25) is 5.78 Å². The lowest BCUT2D eigenvalue weighted by Crippen LogP contribution is -2.34. The number of benzene rings is 2. The molecule has 0 radical (unpaired) electrons. The molecule has 1 N–H and O–H groups in total. The molecule has 0 saturated carbocycles. The van der Waals surface area contributed by atoms with E-state index in [1.807, 2.05) is 0 Å². The van der Waals surface area contributed by atoms with Gasteiger partial charge in [-0.2, -0.15) is 4.73 Å². The Hall–Kier alpha value is -4.53. The fourth-order valence-electron chi connectivity index (χ4n) is 3.71. The molecule has 9 nitrogen and oxygen atoms in total. The van der Waals surface area contributed by atoms with Crippen LogP contribution in [-0.4, -0.2) is 15.8 Å². The van der Waals surface area contributed by atoms with Gasteiger partial charge in [0.15, 0.2) is 6.20 Å².